The fourth-order valence-electron chi connectivity index (χ4n) is 4.82. The zero-order chi connectivity index (χ0) is 26.1. The van der Waals surface area contributed by atoms with Crippen LogP contribution in [0.25, 0.3) is 22.0 Å². The van der Waals surface area contributed by atoms with Crippen LogP contribution in [0.5, 0.6) is 5.75 Å². The molecule has 1 atom stereocenters. The van der Waals surface area contributed by atoms with E-state index in [1.54, 1.807) is 24.6 Å². The summed E-state index contributed by atoms with van der Waals surface area (Å²) in [5.74, 6) is 1.14. The molecular weight excluding hydrogens is 490 g/mol. The molecular formula is C27H31N5O4S. The minimum atomic E-state index is -0.180. The molecule has 9 nitrogen and oxygen atoms in total. The van der Waals surface area contributed by atoms with Gasteiger partial charge in [0.1, 0.15) is 11.5 Å². The summed E-state index contributed by atoms with van der Waals surface area (Å²) in [6, 6.07) is 3.94. The fraction of sp³-hybridized carbons (Fsp3) is 0.407. The van der Waals surface area contributed by atoms with Crippen LogP contribution in [0.3, 0.4) is 0 Å². The summed E-state index contributed by atoms with van der Waals surface area (Å²) in [5, 5.41) is 12.6. The summed E-state index contributed by atoms with van der Waals surface area (Å²) in [5.41, 5.74) is 5.68. The molecule has 194 valence electrons. The van der Waals surface area contributed by atoms with Gasteiger partial charge in [0.2, 0.25) is 5.91 Å². The van der Waals surface area contributed by atoms with E-state index in [1.807, 2.05) is 39.8 Å². The number of rotatable bonds is 7. The molecule has 0 spiro atoms. The predicted molar refractivity (Wildman–Crippen MR) is 144 cm³/mol. The normalized spacial score (nSPS) is 15.6. The highest BCUT2D eigenvalue weighted by molar-refractivity contribution is 7.11. The number of amides is 1. The number of hydrogen-bond donors (Lipinski definition) is 2. The van der Waals surface area contributed by atoms with E-state index in [1.165, 1.54) is 0 Å². The summed E-state index contributed by atoms with van der Waals surface area (Å²) in [7, 11) is 1.64. The highest BCUT2D eigenvalue weighted by Gasteiger charge is 2.24. The number of aryl methyl sites for hydroxylation is 4. The van der Waals surface area contributed by atoms with Crippen molar-refractivity contribution in [2.24, 2.45) is 5.92 Å². The molecule has 1 fully saturated rings. The van der Waals surface area contributed by atoms with E-state index < -0.39 is 0 Å². The Kier molecular flexibility index (Phi) is 7.12. The maximum absolute atomic E-state index is 13.1. The van der Waals surface area contributed by atoms with Crippen LogP contribution in [0.1, 0.15) is 39.9 Å². The Hall–Kier alpha value is -3.50. The summed E-state index contributed by atoms with van der Waals surface area (Å²) in [6.45, 7) is 9.51. The van der Waals surface area contributed by atoms with Crippen molar-refractivity contribution in [1.82, 2.24) is 15.1 Å². The quantitative estimate of drug-likeness (QED) is 0.325. The van der Waals surface area contributed by atoms with Crippen molar-refractivity contribution >= 4 is 39.5 Å². The first-order valence-electron chi connectivity index (χ1n) is 12.3. The van der Waals surface area contributed by atoms with Gasteiger partial charge in [-0.25, -0.2) is 4.98 Å². The number of methoxy groups -OCH3 is 1. The van der Waals surface area contributed by atoms with Gasteiger partial charge in [-0.15, -0.1) is 11.3 Å². The lowest BCUT2D eigenvalue weighted by Crippen LogP contribution is -2.30. The van der Waals surface area contributed by atoms with Crippen molar-refractivity contribution in [3.8, 4) is 16.9 Å². The topological polar surface area (TPSA) is 111 Å². The van der Waals surface area contributed by atoms with Gasteiger partial charge in [0.15, 0.2) is 0 Å². The second kappa shape index (κ2) is 10.5. The molecule has 4 heterocycles. The third-order valence-electron chi connectivity index (χ3n) is 6.71. The van der Waals surface area contributed by atoms with Gasteiger partial charge >= 0.3 is 0 Å². The lowest BCUT2D eigenvalue weighted by molar-refractivity contribution is -0.123. The fourth-order valence-corrected chi connectivity index (χ4v) is 5.70. The number of ether oxygens (including phenoxy) is 2. The van der Waals surface area contributed by atoms with E-state index in [0.717, 1.165) is 61.8 Å². The van der Waals surface area contributed by atoms with E-state index in [2.05, 4.69) is 20.8 Å². The van der Waals surface area contributed by atoms with Gasteiger partial charge in [-0.3, -0.25) is 9.78 Å². The molecule has 4 aromatic rings. The lowest BCUT2D eigenvalue weighted by atomic mass is 9.99. The molecule has 2 N–H and O–H groups in total. The standard InChI is InChI=1S/C27H31N5O4S/c1-14-24(37-17(4)30-14)12-29-26-19-10-23(34-5)20(25-15(2)32-36-16(25)3)9-21(19)28-11-22(26)31-27(33)18-7-6-8-35-13-18/h9-11,18H,6-8,12-13H2,1-5H3,(H,28,29)(H,31,33). The Morgan fingerprint density at radius 1 is 1.22 bits per heavy atom. The number of aromatic nitrogens is 3. The van der Waals surface area contributed by atoms with Crippen molar-refractivity contribution in [2.75, 3.05) is 31.0 Å². The Bertz CT molecular complexity index is 1440. The molecule has 0 saturated carbocycles. The molecule has 1 unspecified atom stereocenters. The number of nitrogens with one attached hydrogen (secondary N) is 2. The largest absolute Gasteiger partial charge is 0.496 e. The number of nitrogens with zero attached hydrogens (tertiary/aromatic N) is 3. The number of benzene rings is 1. The number of thiazole rings is 1. The van der Waals surface area contributed by atoms with Gasteiger partial charge in [-0.05, 0) is 52.7 Å². The van der Waals surface area contributed by atoms with Crippen LogP contribution in [0.15, 0.2) is 22.9 Å². The number of carbonyl (C=O) groups excluding carboxylic acids is 1. The SMILES string of the molecule is COc1cc2c(NCc3sc(C)nc3C)c(NC(=O)C3CCCOC3)cnc2cc1-c1c(C)noc1C. The molecule has 10 heteroatoms. The first-order chi connectivity index (χ1) is 17.9. The number of carbonyl (C=O) groups is 1. The average molecular weight is 522 g/mol. The zero-order valence-electron chi connectivity index (χ0n) is 21.7. The Morgan fingerprint density at radius 3 is 2.70 bits per heavy atom. The maximum Gasteiger partial charge on any atom is 0.229 e. The lowest BCUT2D eigenvalue weighted by Gasteiger charge is -2.23. The van der Waals surface area contributed by atoms with Crippen molar-refractivity contribution in [3.63, 3.8) is 0 Å². The molecule has 0 radical (unpaired) electrons. The van der Waals surface area contributed by atoms with Crippen molar-refractivity contribution in [1.29, 1.82) is 0 Å². The molecule has 5 rings (SSSR count). The highest BCUT2D eigenvalue weighted by Crippen LogP contribution is 2.41. The predicted octanol–water partition coefficient (Wildman–Crippen LogP) is 5.57. The molecule has 0 bridgehead atoms. The third kappa shape index (κ3) is 5.03. The third-order valence-corrected chi connectivity index (χ3v) is 7.78. The molecule has 1 aliphatic rings. The van der Waals surface area contributed by atoms with Crippen molar-refractivity contribution < 1.29 is 18.8 Å². The second-order valence-corrected chi connectivity index (χ2v) is 10.6. The van der Waals surface area contributed by atoms with E-state index in [4.69, 9.17) is 19.0 Å². The van der Waals surface area contributed by atoms with E-state index >= 15 is 0 Å². The highest BCUT2D eigenvalue weighted by atomic mass is 32.1. The van der Waals surface area contributed by atoms with Crippen molar-refractivity contribution in [2.45, 2.75) is 47.1 Å². The van der Waals surface area contributed by atoms with Crippen LogP contribution < -0.4 is 15.4 Å². The number of pyridine rings is 1. The first-order valence-corrected chi connectivity index (χ1v) is 13.2. The summed E-state index contributed by atoms with van der Waals surface area (Å²) < 4.78 is 16.7. The second-order valence-electron chi connectivity index (χ2n) is 9.31. The smallest absolute Gasteiger partial charge is 0.229 e. The first kappa shape index (κ1) is 25.2. The molecule has 1 saturated heterocycles. The van der Waals surface area contributed by atoms with E-state index in [0.29, 0.717) is 37.0 Å². The van der Waals surface area contributed by atoms with E-state index in [-0.39, 0.29) is 11.8 Å². The molecule has 37 heavy (non-hydrogen) atoms. The Balaban J connectivity index is 1.59. The minimum Gasteiger partial charge on any atom is -0.496 e. The molecule has 1 aromatic carbocycles. The van der Waals surface area contributed by atoms with E-state index in [9.17, 15) is 4.79 Å². The Labute approximate surface area is 219 Å². The van der Waals surface area contributed by atoms with Crippen LogP contribution in [-0.4, -0.2) is 41.4 Å². The summed E-state index contributed by atoms with van der Waals surface area (Å²) >= 11 is 1.66. The van der Waals surface area contributed by atoms with Gasteiger partial charge in [-0.2, -0.15) is 0 Å². The maximum atomic E-state index is 13.1. The van der Waals surface area contributed by atoms with Crippen molar-refractivity contribution in [3.05, 3.63) is 45.4 Å². The zero-order valence-corrected chi connectivity index (χ0v) is 22.5. The van der Waals surface area contributed by atoms with Crippen LogP contribution >= 0.6 is 11.3 Å². The molecule has 3 aromatic heterocycles. The van der Waals surface area contributed by atoms with Crippen LogP contribution in [0, 0.1) is 33.6 Å². The number of hydrogen-bond acceptors (Lipinski definition) is 9. The Morgan fingerprint density at radius 2 is 2.05 bits per heavy atom. The minimum absolute atomic E-state index is 0.0620. The van der Waals surface area contributed by atoms with Crippen LogP contribution in [0.4, 0.5) is 11.4 Å². The molecule has 1 aliphatic heterocycles. The summed E-state index contributed by atoms with van der Waals surface area (Å²) in [4.78, 5) is 23.5. The monoisotopic (exact) mass is 521 g/mol. The van der Waals surface area contributed by atoms with Gasteiger partial charge in [0.25, 0.3) is 0 Å². The average Bonchev–Trinajstić information content (AvgIpc) is 3.41. The van der Waals surface area contributed by atoms with Crippen LogP contribution in [0.2, 0.25) is 0 Å². The molecule has 0 aliphatic carbocycles. The van der Waals surface area contributed by atoms with Gasteiger partial charge < -0.3 is 24.6 Å². The number of fused-ring (bicyclic) bond motifs is 1. The van der Waals surface area contributed by atoms with Gasteiger partial charge in [0, 0.05) is 22.4 Å². The van der Waals surface area contributed by atoms with Gasteiger partial charge in [-0.1, -0.05) is 5.16 Å². The number of anilines is 2. The molecule has 1 amide bonds. The van der Waals surface area contributed by atoms with Crippen LogP contribution in [-0.2, 0) is 16.1 Å². The summed E-state index contributed by atoms with van der Waals surface area (Å²) in [6.07, 6.45) is 3.40. The van der Waals surface area contributed by atoms with Gasteiger partial charge in [0.05, 0.1) is 71.2 Å².